The number of primary amides is 1. The summed E-state index contributed by atoms with van der Waals surface area (Å²) in [5.74, 6) is 0.119. The number of nitrogens with zero attached hydrogens (tertiary/aromatic N) is 4. The van der Waals surface area contributed by atoms with E-state index in [0.29, 0.717) is 23.6 Å². The molecule has 122 valence electrons. The number of benzene rings is 1. The van der Waals surface area contributed by atoms with Gasteiger partial charge in [-0.3, -0.25) is 9.69 Å². The van der Waals surface area contributed by atoms with Gasteiger partial charge in [-0.25, -0.2) is 0 Å². The van der Waals surface area contributed by atoms with Gasteiger partial charge in [0.05, 0.1) is 0 Å². The molecule has 2 aliphatic rings. The van der Waals surface area contributed by atoms with Crippen LogP contribution in [0.1, 0.15) is 54.4 Å². The molecule has 2 heterocycles. The van der Waals surface area contributed by atoms with Crippen molar-refractivity contribution in [3.8, 4) is 0 Å². The summed E-state index contributed by atoms with van der Waals surface area (Å²) in [7, 11) is 0. The van der Waals surface area contributed by atoms with Crippen molar-refractivity contribution in [2.75, 3.05) is 6.54 Å². The van der Waals surface area contributed by atoms with Crippen LogP contribution in [-0.4, -0.2) is 35.5 Å². The van der Waals surface area contributed by atoms with E-state index in [9.17, 15) is 4.79 Å². The van der Waals surface area contributed by atoms with Gasteiger partial charge in [0.2, 0.25) is 5.91 Å². The number of fused-ring (bicyclic) bond motifs is 2. The Hall–Kier alpha value is -2.04. The first kappa shape index (κ1) is 15.8. The first-order valence-electron chi connectivity index (χ1n) is 8.28. The molecule has 2 aliphatic heterocycles. The molecular formula is C17H23N5O. The van der Waals surface area contributed by atoms with Crippen LogP contribution in [0.25, 0.3) is 10.4 Å². The molecule has 2 bridgehead atoms. The van der Waals surface area contributed by atoms with E-state index in [1.54, 1.807) is 6.07 Å². The molecule has 1 aromatic rings. The second-order valence-corrected chi connectivity index (χ2v) is 6.79. The number of hydrogen-bond donors (Lipinski definition) is 1. The number of rotatable bonds is 5. The quantitative estimate of drug-likeness (QED) is 0.513. The molecule has 1 amide bonds. The molecule has 6 nitrogen and oxygen atoms in total. The zero-order chi connectivity index (χ0) is 16.4. The highest BCUT2D eigenvalue weighted by Crippen LogP contribution is 2.43. The number of piperidine rings is 1. The maximum atomic E-state index is 11.4. The van der Waals surface area contributed by atoms with Crippen molar-refractivity contribution in [3.63, 3.8) is 0 Å². The van der Waals surface area contributed by atoms with Crippen molar-refractivity contribution in [2.45, 2.75) is 56.7 Å². The number of azide groups is 1. The Labute approximate surface area is 136 Å². The van der Waals surface area contributed by atoms with Gasteiger partial charge in [-0.15, -0.1) is 0 Å². The smallest absolute Gasteiger partial charge is 0.248 e. The zero-order valence-electron chi connectivity index (χ0n) is 13.4. The van der Waals surface area contributed by atoms with Crippen molar-refractivity contribution >= 4 is 5.91 Å². The average Bonchev–Trinajstić information content (AvgIpc) is 2.77. The molecule has 1 aromatic carbocycles. The third-order valence-corrected chi connectivity index (χ3v) is 5.25. The minimum atomic E-state index is -0.365. The van der Waals surface area contributed by atoms with Crippen LogP contribution in [0.3, 0.4) is 0 Å². The standard InChI is InChI=1S/C17H23N5O/c1-11(20-21-19)10-22-15-5-6-16(22)9-14(8-15)12-3-2-4-13(7-12)17(18)23/h2-4,7,11,14-16H,5-6,8-10H2,1H3,(H2,18,23). The van der Waals surface area contributed by atoms with Crippen LogP contribution >= 0.6 is 0 Å². The second-order valence-electron chi connectivity index (χ2n) is 6.79. The molecule has 0 spiro atoms. The molecule has 3 unspecified atom stereocenters. The lowest BCUT2D eigenvalue weighted by Crippen LogP contribution is -2.45. The van der Waals surface area contributed by atoms with Gasteiger partial charge in [0.15, 0.2) is 0 Å². The van der Waals surface area contributed by atoms with E-state index in [2.05, 4.69) is 21.0 Å². The summed E-state index contributed by atoms with van der Waals surface area (Å²) >= 11 is 0. The average molecular weight is 313 g/mol. The Bertz CT molecular complexity index is 626. The fourth-order valence-electron chi connectivity index (χ4n) is 4.22. The van der Waals surface area contributed by atoms with Crippen LogP contribution in [0, 0.1) is 0 Å². The van der Waals surface area contributed by atoms with Crippen LogP contribution in [-0.2, 0) is 0 Å². The third-order valence-electron chi connectivity index (χ3n) is 5.25. The maximum absolute atomic E-state index is 11.4. The number of carbonyl (C=O) groups is 1. The second kappa shape index (κ2) is 6.60. The van der Waals surface area contributed by atoms with Crippen LogP contribution < -0.4 is 5.73 Å². The van der Waals surface area contributed by atoms with Crippen molar-refractivity contribution in [1.82, 2.24) is 4.90 Å². The van der Waals surface area contributed by atoms with Gasteiger partial charge in [-0.1, -0.05) is 24.2 Å². The Morgan fingerprint density at radius 3 is 2.74 bits per heavy atom. The van der Waals surface area contributed by atoms with Gasteiger partial charge in [0.25, 0.3) is 0 Å². The van der Waals surface area contributed by atoms with E-state index in [1.807, 2.05) is 19.1 Å². The van der Waals surface area contributed by atoms with E-state index in [4.69, 9.17) is 11.3 Å². The predicted octanol–water partition coefficient (Wildman–Crippen LogP) is 3.19. The fourth-order valence-corrected chi connectivity index (χ4v) is 4.22. The van der Waals surface area contributed by atoms with E-state index in [1.165, 1.54) is 18.4 Å². The molecule has 3 atom stereocenters. The summed E-state index contributed by atoms with van der Waals surface area (Å²) in [6.45, 7) is 2.81. The van der Waals surface area contributed by atoms with Crippen molar-refractivity contribution in [1.29, 1.82) is 0 Å². The van der Waals surface area contributed by atoms with E-state index in [-0.39, 0.29) is 11.9 Å². The Morgan fingerprint density at radius 2 is 2.13 bits per heavy atom. The van der Waals surface area contributed by atoms with Crippen molar-refractivity contribution in [2.24, 2.45) is 10.8 Å². The molecule has 2 N–H and O–H groups in total. The molecule has 0 aromatic heterocycles. The zero-order valence-corrected chi connectivity index (χ0v) is 13.4. The number of hydrogen-bond acceptors (Lipinski definition) is 3. The molecular weight excluding hydrogens is 290 g/mol. The maximum Gasteiger partial charge on any atom is 0.248 e. The molecule has 6 heteroatoms. The van der Waals surface area contributed by atoms with Crippen molar-refractivity contribution in [3.05, 3.63) is 45.8 Å². The van der Waals surface area contributed by atoms with E-state index < -0.39 is 0 Å². The third kappa shape index (κ3) is 3.33. The van der Waals surface area contributed by atoms with E-state index in [0.717, 1.165) is 19.4 Å². The van der Waals surface area contributed by atoms with Gasteiger partial charge in [0, 0.05) is 35.1 Å². The van der Waals surface area contributed by atoms with Gasteiger partial charge in [-0.05, 0) is 54.8 Å². The lowest BCUT2D eigenvalue weighted by atomic mass is 9.84. The van der Waals surface area contributed by atoms with Gasteiger partial charge in [0.1, 0.15) is 0 Å². The Balaban J connectivity index is 1.72. The van der Waals surface area contributed by atoms with Crippen LogP contribution in [0.2, 0.25) is 0 Å². The van der Waals surface area contributed by atoms with Gasteiger partial charge < -0.3 is 5.73 Å². The Morgan fingerprint density at radius 1 is 1.43 bits per heavy atom. The highest BCUT2D eigenvalue weighted by atomic mass is 16.1. The molecule has 3 rings (SSSR count). The predicted molar refractivity (Wildman–Crippen MR) is 89.1 cm³/mol. The monoisotopic (exact) mass is 313 g/mol. The summed E-state index contributed by atoms with van der Waals surface area (Å²) in [4.78, 5) is 16.8. The summed E-state index contributed by atoms with van der Waals surface area (Å²) < 4.78 is 0. The van der Waals surface area contributed by atoms with Crippen LogP contribution in [0.4, 0.5) is 0 Å². The number of amides is 1. The van der Waals surface area contributed by atoms with E-state index >= 15 is 0 Å². The SMILES string of the molecule is CC(CN1C2CCC1CC(c1cccc(C(N)=O)c1)C2)N=[N+]=[N-]. The summed E-state index contributed by atoms with van der Waals surface area (Å²) in [6.07, 6.45) is 4.61. The first-order chi connectivity index (χ1) is 11.1. The van der Waals surface area contributed by atoms with Gasteiger partial charge in [-0.2, -0.15) is 0 Å². The highest BCUT2D eigenvalue weighted by Gasteiger charge is 2.41. The fraction of sp³-hybridized carbons (Fsp3) is 0.588. The lowest BCUT2D eigenvalue weighted by molar-refractivity contribution is 0.1000. The molecule has 0 saturated carbocycles. The molecule has 23 heavy (non-hydrogen) atoms. The molecule has 2 fully saturated rings. The van der Waals surface area contributed by atoms with Gasteiger partial charge >= 0.3 is 0 Å². The number of nitrogens with two attached hydrogens (primary N) is 1. The first-order valence-corrected chi connectivity index (χ1v) is 8.28. The Kier molecular flexibility index (Phi) is 4.55. The minimum absolute atomic E-state index is 0.0119. The normalized spacial score (nSPS) is 28.1. The summed E-state index contributed by atoms with van der Waals surface area (Å²) in [5, 5.41) is 3.81. The van der Waals surface area contributed by atoms with Crippen LogP contribution in [0.5, 0.6) is 0 Å². The molecule has 0 aliphatic carbocycles. The summed E-state index contributed by atoms with van der Waals surface area (Å²) in [5.41, 5.74) is 15.8. The topological polar surface area (TPSA) is 95.1 Å². The highest BCUT2D eigenvalue weighted by molar-refractivity contribution is 5.92. The van der Waals surface area contributed by atoms with Crippen LogP contribution in [0.15, 0.2) is 29.4 Å². The summed E-state index contributed by atoms with van der Waals surface area (Å²) in [6, 6.07) is 8.86. The largest absolute Gasteiger partial charge is 0.366 e. The number of carbonyl (C=O) groups excluding carboxylic acids is 1. The molecule has 0 radical (unpaired) electrons. The minimum Gasteiger partial charge on any atom is -0.366 e. The lowest BCUT2D eigenvalue weighted by Gasteiger charge is -2.40. The van der Waals surface area contributed by atoms with Crippen molar-refractivity contribution < 1.29 is 4.79 Å². The molecule has 2 saturated heterocycles.